The predicted octanol–water partition coefficient (Wildman–Crippen LogP) is 4.06. The summed E-state index contributed by atoms with van der Waals surface area (Å²) in [7, 11) is 6.11. The molecule has 0 amide bonds. The first-order chi connectivity index (χ1) is 11.9. The number of nitrogens with zero attached hydrogens (tertiary/aromatic N) is 3. The van der Waals surface area contributed by atoms with Gasteiger partial charge in [0.25, 0.3) is 5.17 Å². The minimum Gasteiger partial charge on any atom is -0.428 e. The first-order valence-corrected chi connectivity index (χ1v) is 8.93. The van der Waals surface area contributed by atoms with Crippen LogP contribution in [-0.4, -0.2) is 40.3 Å². The summed E-state index contributed by atoms with van der Waals surface area (Å²) in [6, 6.07) is 12.7. The summed E-state index contributed by atoms with van der Waals surface area (Å²) in [6.45, 7) is 2.72. The van der Waals surface area contributed by atoms with E-state index in [1.165, 1.54) is 11.3 Å². The zero-order valence-corrected chi connectivity index (χ0v) is 16.4. The van der Waals surface area contributed by atoms with E-state index in [-0.39, 0.29) is 0 Å². The Balaban J connectivity index is 1.90. The molecule has 130 valence electrons. The maximum atomic E-state index is 5.65. The summed E-state index contributed by atoms with van der Waals surface area (Å²) in [5.74, 6) is 0.637. The summed E-state index contributed by atoms with van der Waals surface area (Å²) in [5.41, 5.74) is 4.50. The number of aromatic nitrogens is 1. The Morgan fingerprint density at radius 3 is 2.32 bits per heavy atom. The summed E-state index contributed by atoms with van der Waals surface area (Å²) >= 11 is 10.7. The van der Waals surface area contributed by atoms with E-state index in [4.69, 9.17) is 29.2 Å². The molecule has 0 bridgehead atoms. The second kappa shape index (κ2) is 6.98. The summed E-state index contributed by atoms with van der Waals surface area (Å²) in [5, 5.41) is 0.424. The molecule has 2 aromatic rings. The van der Waals surface area contributed by atoms with E-state index in [1.807, 2.05) is 39.0 Å². The zero-order chi connectivity index (χ0) is 18.1. The van der Waals surface area contributed by atoms with Crippen LogP contribution < -0.4 is 4.90 Å². The number of ether oxygens (including phenoxy) is 1. The molecule has 1 aromatic heterocycles. The van der Waals surface area contributed by atoms with E-state index in [2.05, 4.69) is 45.9 Å². The molecule has 0 spiro atoms. The lowest BCUT2D eigenvalue weighted by atomic mass is 10.1. The van der Waals surface area contributed by atoms with Crippen LogP contribution in [0.15, 0.2) is 42.2 Å². The average molecular weight is 372 g/mol. The molecule has 1 aromatic carbocycles. The maximum absolute atomic E-state index is 5.65. The molecule has 2 heterocycles. The number of benzene rings is 1. The molecule has 4 nitrogen and oxygen atoms in total. The van der Waals surface area contributed by atoms with E-state index in [9.17, 15) is 0 Å². The van der Waals surface area contributed by atoms with Crippen LogP contribution >= 0.6 is 24.4 Å². The van der Waals surface area contributed by atoms with Crippen molar-refractivity contribution in [1.82, 2.24) is 9.47 Å². The number of likely N-dealkylation sites (N-methyl/N-ethyl adjacent to an activating group) is 1. The molecular weight excluding hydrogens is 350 g/mol. The van der Waals surface area contributed by atoms with Gasteiger partial charge in [0, 0.05) is 50.8 Å². The number of hydrogen-bond acceptors (Lipinski definition) is 4. The van der Waals surface area contributed by atoms with Gasteiger partial charge in [-0.1, -0.05) is 24.4 Å². The number of hydrogen-bond donors (Lipinski definition) is 0. The SMILES string of the molecule is CCN1C(=S)OC(=Cc2ccc(-c3ccc(N(C)C)cc3)n2C)C1=S. The highest BCUT2D eigenvalue weighted by Crippen LogP contribution is 2.27. The lowest BCUT2D eigenvalue weighted by Crippen LogP contribution is -2.26. The van der Waals surface area contributed by atoms with Gasteiger partial charge in [-0.2, -0.15) is 0 Å². The Morgan fingerprint density at radius 1 is 1.08 bits per heavy atom. The maximum Gasteiger partial charge on any atom is 0.270 e. The molecule has 25 heavy (non-hydrogen) atoms. The standard InChI is InChI=1S/C19H21N3OS2/c1-5-22-18(24)17(23-19(22)25)12-15-10-11-16(21(15)4)13-6-8-14(9-7-13)20(2)3/h6-12H,5H2,1-4H3. The van der Waals surface area contributed by atoms with Gasteiger partial charge in [0.2, 0.25) is 0 Å². The highest BCUT2D eigenvalue weighted by atomic mass is 32.1. The number of anilines is 1. The minimum atomic E-state index is 0.424. The monoisotopic (exact) mass is 371 g/mol. The normalized spacial score (nSPS) is 15.8. The van der Waals surface area contributed by atoms with Crippen LogP contribution in [0.25, 0.3) is 17.3 Å². The summed E-state index contributed by atoms with van der Waals surface area (Å²) < 4.78 is 7.78. The zero-order valence-electron chi connectivity index (χ0n) is 14.8. The van der Waals surface area contributed by atoms with E-state index in [0.717, 1.165) is 11.4 Å². The quantitative estimate of drug-likeness (QED) is 0.595. The Bertz CT molecular complexity index is 850. The van der Waals surface area contributed by atoms with Gasteiger partial charge in [-0.25, -0.2) is 0 Å². The molecule has 3 rings (SSSR count). The van der Waals surface area contributed by atoms with Gasteiger partial charge in [0.1, 0.15) is 0 Å². The number of rotatable bonds is 4. The van der Waals surface area contributed by atoms with Crippen LogP contribution in [0.5, 0.6) is 0 Å². The van der Waals surface area contributed by atoms with Crippen LogP contribution in [0, 0.1) is 0 Å². The van der Waals surface area contributed by atoms with E-state index in [1.54, 1.807) is 0 Å². The van der Waals surface area contributed by atoms with Crippen molar-refractivity contribution in [3.63, 3.8) is 0 Å². The fraction of sp³-hybridized carbons (Fsp3) is 0.263. The van der Waals surface area contributed by atoms with Crippen molar-refractivity contribution >= 4 is 46.4 Å². The molecule has 1 saturated heterocycles. The largest absolute Gasteiger partial charge is 0.428 e. The van der Waals surface area contributed by atoms with Gasteiger partial charge < -0.3 is 14.2 Å². The molecule has 0 aliphatic carbocycles. The Hall–Kier alpha value is -2.18. The van der Waals surface area contributed by atoms with Gasteiger partial charge in [-0.15, -0.1) is 0 Å². The van der Waals surface area contributed by atoms with E-state index >= 15 is 0 Å². The third-order valence-corrected chi connectivity index (χ3v) is 5.03. The third kappa shape index (κ3) is 3.32. The minimum absolute atomic E-state index is 0.424. The Labute approximate surface area is 159 Å². The van der Waals surface area contributed by atoms with Gasteiger partial charge in [-0.3, -0.25) is 4.90 Å². The van der Waals surface area contributed by atoms with Crippen molar-refractivity contribution in [3.8, 4) is 11.3 Å². The highest BCUT2D eigenvalue weighted by Gasteiger charge is 2.28. The number of thiocarbonyl (C=S) groups is 2. The Kier molecular flexibility index (Phi) is 4.92. The molecule has 1 aliphatic heterocycles. The molecule has 0 atom stereocenters. The van der Waals surface area contributed by atoms with Crippen molar-refractivity contribution in [2.24, 2.45) is 7.05 Å². The highest BCUT2D eigenvalue weighted by molar-refractivity contribution is 7.82. The van der Waals surface area contributed by atoms with Gasteiger partial charge in [0.05, 0.1) is 0 Å². The lowest BCUT2D eigenvalue weighted by Gasteiger charge is -2.13. The van der Waals surface area contributed by atoms with Crippen molar-refractivity contribution in [1.29, 1.82) is 0 Å². The second-order valence-corrected chi connectivity index (χ2v) is 6.81. The molecule has 6 heteroatoms. The molecule has 1 aliphatic rings. The van der Waals surface area contributed by atoms with Gasteiger partial charge >= 0.3 is 0 Å². The summed E-state index contributed by atoms with van der Waals surface area (Å²) in [4.78, 5) is 4.55. The lowest BCUT2D eigenvalue weighted by molar-refractivity contribution is 0.442. The molecular formula is C19H21N3OS2. The fourth-order valence-electron chi connectivity index (χ4n) is 2.80. The smallest absolute Gasteiger partial charge is 0.270 e. The summed E-state index contributed by atoms with van der Waals surface area (Å²) in [6.07, 6.45) is 1.95. The van der Waals surface area contributed by atoms with Crippen LogP contribution in [0.2, 0.25) is 0 Å². The molecule has 0 unspecified atom stereocenters. The fourth-order valence-corrected chi connectivity index (χ4v) is 3.48. The topological polar surface area (TPSA) is 20.6 Å². The molecule has 1 fully saturated rings. The first-order valence-electron chi connectivity index (χ1n) is 8.11. The van der Waals surface area contributed by atoms with Crippen molar-refractivity contribution in [3.05, 3.63) is 47.9 Å². The van der Waals surface area contributed by atoms with Gasteiger partial charge in [0.15, 0.2) is 10.7 Å². The molecule has 0 radical (unpaired) electrons. The van der Waals surface area contributed by atoms with Crippen molar-refractivity contribution in [2.75, 3.05) is 25.5 Å². The average Bonchev–Trinajstić information content (AvgIpc) is 3.08. The molecule has 0 N–H and O–H groups in total. The van der Waals surface area contributed by atoms with Gasteiger partial charge in [-0.05, 0) is 49.0 Å². The van der Waals surface area contributed by atoms with Crippen molar-refractivity contribution in [2.45, 2.75) is 6.92 Å². The van der Waals surface area contributed by atoms with E-state index in [0.29, 0.717) is 22.5 Å². The van der Waals surface area contributed by atoms with Crippen LogP contribution in [-0.2, 0) is 11.8 Å². The molecule has 0 saturated carbocycles. The first kappa shape index (κ1) is 17.6. The Morgan fingerprint density at radius 2 is 1.76 bits per heavy atom. The van der Waals surface area contributed by atoms with Crippen LogP contribution in [0.1, 0.15) is 12.6 Å². The predicted molar refractivity (Wildman–Crippen MR) is 112 cm³/mol. The third-order valence-electron chi connectivity index (χ3n) is 4.31. The van der Waals surface area contributed by atoms with Crippen molar-refractivity contribution < 1.29 is 4.74 Å². The van der Waals surface area contributed by atoms with Crippen LogP contribution in [0.4, 0.5) is 5.69 Å². The van der Waals surface area contributed by atoms with E-state index < -0.39 is 0 Å². The van der Waals surface area contributed by atoms with Crippen LogP contribution in [0.3, 0.4) is 0 Å². The second-order valence-electron chi connectivity index (χ2n) is 6.07.